The van der Waals surface area contributed by atoms with Crippen LogP contribution in [-0.2, 0) is 0 Å². The Kier molecular flexibility index (Phi) is 4.50. The van der Waals surface area contributed by atoms with Crippen LogP contribution in [0.4, 0.5) is 0 Å². The van der Waals surface area contributed by atoms with Gasteiger partial charge in [-0.25, -0.2) is 0 Å². The highest BCUT2D eigenvalue weighted by molar-refractivity contribution is 6.35. The first kappa shape index (κ1) is 13.7. The summed E-state index contributed by atoms with van der Waals surface area (Å²) in [5.74, 6) is 0.124. The average Bonchev–Trinajstić information content (AvgIpc) is 2.76. The number of rotatable bonds is 3. The minimum Gasteiger partial charge on any atom is -0.306 e. The lowest BCUT2D eigenvalue weighted by Gasteiger charge is -2.22. The topological polar surface area (TPSA) is 35.8 Å². The maximum atomic E-state index is 9.08. The van der Waals surface area contributed by atoms with Crippen molar-refractivity contribution in [1.82, 2.24) is 5.32 Å². The highest BCUT2D eigenvalue weighted by atomic mass is 35.5. The minimum absolute atomic E-state index is 0.124. The Hall–Kier alpha value is -0.750. The first-order valence-corrected chi connectivity index (χ1v) is 6.98. The van der Waals surface area contributed by atoms with Crippen LogP contribution in [0.1, 0.15) is 37.8 Å². The molecule has 0 bridgehead atoms. The molecule has 1 N–H and O–H groups in total. The van der Waals surface area contributed by atoms with Gasteiger partial charge in [-0.15, -0.1) is 0 Å². The van der Waals surface area contributed by atoms with Crippen LogP contribution >= 0.6 is 23.2 Å². The fraction of sp³-hybridized carbons (Fsp3) is 0.500. The molecule has 1 aliphatic carbocycles. The molecule has 3 atom stereocenters. The van der Waals surface area contributed by atoms with Gasteiger partial charge < -0.3 is 5.32 Å². The number of hydrogen-bond acceptors (Lipinski definition) is 2. The number of nitriles is 1. The SMILES string of the molecule is CC(NC1CCCC1C#N)c1ccc(Cl)cc1Cl. The summed E-state index contributed by atoms with van der Waals surface area (Å²) >= 11 is 12.1. The predicted molar refractivity (Wildman–Crippen MR) is 74.8 cm³/mol. The van der Waals surface area contributed by atoms with Crippen LogP contribution in [-0.4, -0.2) is 6.04 Å². The van der Waals surface area contributed by atoms with E-state index in [9.17, 15) is 0 Å². The van der Waals surface area contributed by atoms with E-state index < -0.39 is 0 Å². The van der Waals surface area contributed by atoms with E-state index in [4.69, 9.17) is 28.5 Å². The zero-order valence-corrected chi connectivity index (χ0v) is 11.8. The van der Waals surface area contributed by atoms with Gasteiger partial charge in [0.2, 0.25) is 0 Å². The third kappa shape index (κ3) is 2.98. The van der Waals surface area contributed by atoms with Gasteiger partial charge in [-0.3, -0.25) is 0 Å². The maximum Gasteiger partial charge on any atom is 0.0672 e. The molecule has 1 fully saturated rings. The molecule has 1 aromatic rings. The Morgan fingerprint density at radius 3 is 2.83 bits per heavy atom. The Morgan fingerprint density at radius 1 is 1.39 bits per heavy atom. The van der Waals surface area contributed by atoms with Gasteiger partial charge in [0.25, 0.3) is 0 Å². The lowest BCUT2D eigenvalue weighted by molar-refractivity contribution is 0.417. The number of benzene rings is 1. The number of halogens is 2. The van der Waals surface area contributed by atoms with E-state index in [-0.39, 0.29) is 18.0 Å². The second-order valence-corrected chi connectivity index (χ2v) is 5.67. The summed E-state index contributed by atoms with van der Waals surface area (Å²) in [5, 5.41) is 13.9. The summed E-state index contributed by atoms with van der Waals surface area (Å²) in [6.45, 7) is 2.07. The van der Waals surface area contributed by atoms with E-state index >= 15 is 0 Å². The van der Waals surface area contributed by atoms with Crippen molar-refractivity contribution in [1.29, 1.82) is 5.26 Å². The van der Waals surface area contributed by atoms with Crippen LogP contribution in [0.2, 0.25) is 10.0 Å². The van der Waals surface area contributed by atoms with Crippen molar-refractivity contribution in [2.24, 2.45) is 5.92 Å². The quantitative estimate of drug-likeness (QED) is 0.895. The lowest BCUT2D eigenvalue weighted by atomic mass is 10.0. The summed E-state index contributed by atoms with van der Waals surface area (Å²) in [6, 6.07) is 8.33. The third-order valence-corrected chi connectivity index (χ3v) is 4.14. The molecule has 96 valence electrons. The number of hydrogen-bond donors (Lipinski definition) is 1. The van der Waals surface area contributed by atoms with Crippen molar-refractivity contribution < 1.29 is 0 Å². The molecule has 0 spiro atoms. The largest absolute Gasteiger partial charge is 0.306 e. The highest BCUT2D eigenvalue weighted by Crippen LogP contribution is 2.30. The van der Waals surface area contributed by atoms with Crippen LogP contribution in [0.15, 0.2) is 18.2 Å². The summed E-state index contributed by atoms with van der Waals surface area (Å²) < 4.78 is 0. The van der Waals surface area contributed by atoms with E-state index in [0.717, 1.165) is 24.8 Å². The first-order valence-electron chi connectivity index (χ1n) is 6.22. The monoisotopic (exact) mass is 282 g/mol. The smallest absolute Gasteiger partial charge is 0.0672 e. The van der Waals surface area contributed by atoms with E-state index in [1.165, 1.54) is 0 Å². The van der Waals surface area contributed by atoms with E-state index in [1.807, 2.05) is 12.1 Å². The summed E-state index contributed by atoms with van der Waals surface area (Å²) in [7, 11) is 0. The molecule has 18 heavy (non-hydrogen) atoms. The van der Waals surface area contributed by atoms with Gasteiger partial charge in [-0.2, -0.15) is 5.26 Å². The Balaban J connectivity index is 2.08. The molecule has 4 heteroatoms. The summed E-state index contributed by atoms with van der Waals surface area (Å²) in [4.78, 5) is 0. The van der Waals surface area contributed by atoms with Gasteiger partial charge in [-0.1, -0.05) is 35.7 Å². The molecule has 0 aromatic heterocycles. The normalized spacial score (nSPS) is 24.8. The lowest BCUT2D eigenvalue weighted by Crippen LogP contribution is -2.34. The van der Waals surface area contributed by atoms with E-state index in [2.05, 4.69) is 18.3 Å². The predicted octanol–water partition coefficient (Wildman–Crippen LogP) is 4.34. The molecule has 0 aliphatic heterocycles. The van der Waals surface area contributed by atoms with Crippen molar-refractivity contribution in [3.63, 3.8) is 0 Å². The molecule has 3 unspecified atom stereocenters. The van der Waals surface area contributed by atoms with Crippen LogP contribution in [0.25, 0.3) is 0 Å². The fourth-order valence-electron chi connectivity index (χ4n) is 2.58. The van der Waals surface area contributed by atoms with Crippen LogP contribution in [0.5, 0.6) is 0 Å². The Labute approximate surface area is 118 Å². The second kappa shape index (κ2) is 5.93. The van der Waals surface area contributed by atoms with Gasteiger partial charge in [0, 0.05) is 22.1 Å². The number of nitrogens with one attached hydrogen (secondary N) is 1. The molecule has 0 radical (unpaired) electrons. The third-order valence-electron chi connectivity index (χ3n) is 3.57. The molecule has 1 aliphatic rings. The van der Waals surface area contributed by atoms with E-state index in [0.29, 0.717) is 10.0 Å². The van der Waals surface area contributed by atoms with Crippen molar-refractivity contribution in [3.05, 3.63) is 33.8 Å². The molecule has 0 amide bonds. The van der Waals surface area contributed by atoms with Crippen LogP contribution < -0.4 is 5.32 Å². The van der Waals surface area contributed by atoms with Crippen molar-refractivity contribution >= 4 is 23.2 Å². The molecular weight excluding hydrogens is 267 g/mol. The average molecular weight is 283 g/mol. The molecule has 1 saturated carbocycles. The molecule has 0 saturated heterocycles. The fourth-order valence-corrected chi connectivity index (χ4v) is 3.15. The Bertz CT molecular complexity index is 467. The first-order chi connectivity index (χ1) is 8.61. The zero-order valence-electron chi connectivity index (χ0n) is 10.3. The maximum absolute atomic E-state index is 9.08. The van der Waals surface area contributed by atoms with Gasteiger partial charge >= 0.3 is 0 Å². The van der Waals surface area contributed by atoms with Gasteiger partial charge in [-0.05, 0) is 37.5 Å². The molecule has 2 nitrogen and oxygen atoms in total. The van der Waals surface area contributed by atoms with Gasteiger partial charge in [0.1, 0.15) is 0 Å². The van der Waals surface area contributed by atoms with Crippen molar-refractivity contribution in [2.45, 2.75) is 38.3 Å². The summed E-state index contributed by atoms with van der Waals surface area (Å²) in [5.41, 5.74) is 1.03. The summed E-state index contributed by atoms with van der Waals surface area (Å²) in [6.07, 6.45) is 3.18. The molecular formula is C14H16Cl2N2. The van der Waals surface area contributed by atoms with Crippen molar-refractivity contribution in [3.8, 4) is 6.07 Å². The second-order valence-electron chi connectivity index (χ2n) is 4.83. The van der Waals surface area contributed by atoms with Crippen LogP contribution in [0, 0.1) is 17.2 Å². The van der Waals surface area contributed by atoms with Crippen LogP contribution in [0.3, 0.4) is 0 Å². The van der Waals surface area contributed by atoms with E-state index in [1.54, 1.807) is 6.07 Å². The standard InChI is InChI=1S/C14H16Cl2N2/c1-9(12-6-5-11(15)7-13(12)16)18-14-4-2-3-10(14)8-17/h5-7,9-10,14,18H,2-4H2,1H3. The van der Waals surface area contributed by atoms with Gasteiger partial charge in [0.15, 0.2) is 0 Å². The zero-order chi connectivity index (χ0) is 13.1. The molecule has 1 aromatic carbocycles. The minimum atomic E-state index is 0.124. The Morgan fingerprint density at radius 2 is 2.17 bits per heavy atom. The molecule has 2 rings (SSSR count). The molecule has 0 heterocycles. The van der Waals surface area contributed by atoms with Gasteiger partial charge in [0.05, 0.1) is 12.0 Å². The van der Waals surface area contributed by atoms with Crippen molar-refractivity contribution in [2.75, 3.05) is 0 Å². The highest BCUT2D eigenvalue weighted by Gasteiger charge is 2.28. The number of nitrogens with zero attached hydrogens (tertiary/aromatic N) is 1.